The van der Waals surface area contributed by atoms with Gasteiger partial charge in [-0.2, -0.15) is 5.10 Å². The van der Waals surface area contributed by atoms with Crippen molar-refractivity contribution in [3.05, 3.63) is 36.4 Å². The predicted octanol–water partition coefficient (Wildman–Crippen LogP) is 1.23. The first-order valence-electron chi connectivity index (χ1n) is 6.05. The van der Waals surface area contributed by atoms with Crippen LogP contribution in [-0.2, 0) is 10.0 Å². The van der Waals surface area contributed by atoms with Gasteiger partial charge in [0.05, 0.1) is 10.9 Å². The summed E-state index contributed by atoms with van der Waals surface area (Å²) >= 11 is 0. The average Bonchev–Trinajstić information content (AvgIpc) is 2.93. The van der Waals surface area contributed by atoms with Crippen LogP contribution in [0.25, 0.3) is 0 Å². The van der Waals surface area contributed by atoms with Crippen LogP contribution in [0, 0.1) is 0 Å². The first kappa shape index (κ1) is 14.5. The Balaban J connectivity index is 2.13. The number of hydrogen-bond donors (Lipinski definition) is 2. The fraction of sp³-hybridized carbons (Fsp3) is 0.333. The molecule has 0 radical (unpaired) electrons. The van der Waals surface area contributed by atoms with Gasteiger partial charge in [0.25, 0.3) is 0 Å². The molecular formula is C12H17N5O2S. The molecule has 0 aliphatic heterocycles. The average molecular weight is 295 g/mol. The molecule has 108 valence electrons. The molecule has 0 aliphatic rings. The summed E-state index contributed by atoms with van der Waals surface area (Å²) in [6.45, 7) is 1.94. The van der Waals surface area contributed by atoms with E-state index in [1.807, 2.05) is 6.92 Å². The Labute approximate surface area is 118 Å². The van der Waals surface area contributed by atoms with E-state index in [9.17, 15) is 8.42 Å². The Hall–Kier alpha value is -1.93. The second kappa shape index (κ2) is 5.59. The zero-order chi connectivity index (χ0) is 14.8. The normalized spacial score (nSPS) is 13.4. The lowest BCUT2D eigenvalue weighted by Gasteiger charge is -2.14. The largest absolute Gasteiger partial charge is 0.375 e. The van der Waals surface area contributed by atoms with E-state index >= 15 is 0 Å². The van der Waals surface area contributed by atoms with Crippen molar-refractivity contribution in [3.8, 4) is 0 Å². The summed E-state index contributed by atoms with van der Waals surface area (Å²) < 4.78 is 25.1. The molecule has 7 nitrogen and oxygen atoms in total. The molecule has 1 aromatic heterocycles. The molecule has 2 aromatic rings. The first-order valence-corrected chi connectivity index (χ1v) is 7.49. The summed E-state index contributed by atoms with van der Waals surface area (Å²) in [5.41, 5.74) is 0.812. The van der Waals surface area contributed by atoms with Crippen LogP contribution in [0.1, 0.15) is 18.8 Å². The molecule has 1 heterocycles. The van der Waals surface area contributed by atoms with Gasteiger partial charge in [0, 0.05) is 19.8 Å². The molecule has 8 heteroatoms. The van der Waals surface area contributed by atoms with Crippen molar-refractivity contribution >= 4 is 15.7 Å². The van der Waals surface area contributed by atoms with E-state index in [0.29, 0.717) is 0 Å². The molecule has 2 rings (SSSR count). The van der Waals surface area contributed by atoms with Crippen LogP contribution in [0.2, 0.25) is 0 Å². The minimum absolute atomic E-state index is 0.0474. The Kier molecular flexibility index (Phi) is 4.05. The fourth-order valence-electron chi connectivity index (χ4n) is 1.68. The summed E-state index contributed by atoms with van der Waals surface area (Å²) in [4.78, 5) is 4.32. The van der Waals surface area contributed by atoms with E-state index in [1.165, 1.54) is 24.7 Å². The SMILES string of the molecule is CC(Nc1ccc(S(=O)(=O)N(C)C)cc1)c1ncn[nH]1. The van der Waals surface area contributed by atoms with Gasteiger partial charge in [-0.15, -0.1) is 0 Å². The maximum atomic E-state index is 11.9. The summed E-state index contributed by atoms with van der Waals surface area (Å²) in [5.74, 6) is 0.718. The van der Waals surface area contributed by atoms with Gasteiger partial charge in [-0.1, -0.05) is 0 Å². The smallest absolute Gasteiger partial charge is 0.242 e. The van der Waals surface area contributed by atoms with Crippen LogP contribution in [0.4, 0.5) is 5.69 Å². The minimum atomic E-state index is -3.39. The third-order valence-corrected chi connectivity index (χ3v) is 4.69. The van der Waals surface area contributed by atoms with Crippen molar-refractivity contribution < 1.29 is 8.42 Å². The van der Waals surface area contributed by atoms with Gasteiger partial charge in [0.15, 0.2) is 0 Å². The van der Waals surface area contributed by atoms with Gasteiger partial charge < -0.3 is 5.32 Å². The molecule has 1 atom stereocenters. The van der Waals surface area contributed by atoms with Gasteiger partial charge in [-0.05, 0) is 31.2 Å². The van der Waals surface area contributed by atoms with Crippen molar-refractivity contribution in [1.82, 2.24) is 19.5 Å². The molecule has 0 bridgehead atoms. The summed E-state index contributed by atoms with van der Waals surface area (Å²) in [6, 6.07) is 6.55. The molecule has 1 aromatic carbocycles. The van der Waals surface area contributed by atoms with Gasteiger partial charge in [0.1, 0.15) is 12.2 Å². The second-order valence-corrected chi connectivity index (χ2v) is 6.70. The number of anilines is 1. The van der Waals surface area contributed by atoms with Crippen LogP contribution >= 0.6 is 0 Å². The number of hydrogen-bond acceptors (Lipinski definition) is 5. The van der Waals surface area contributed by atoms with Crippen molar-refractivity contribution in [2.75, 3.05) is 19.4 Å². The summed E-state index contributed by atoms with van der Waals surface area (Å²) in [5, 5.41) is 9.78. The number of nitrogens with one attached hydrogen (secondary N) is 2. The number of sulfonamides is 1. The molecule has 0 amide bonds. The van der Waals surface area contributed by atoms with Crippen LogP contribution in [0.3, 0.4) is 0 Å². The lowest BCUT2D eigenvalue weighted by atomic mass is 10.2. The van der Waals surface area contributed by atoms with Gasteiger partial charge >= 0.3 is 0 Å². The second-order valence-electron chi connectivity index (χ2n) is 4.55. The lowest BCUT2D eigenvalue weighted by molar-refractivity contribution is 0.521. The standard InChI is InChI=1S/C12H17N5O2S/c1-9(12-13-8-14-16-12)15-10-4-6-11(7-5-10)20(18,19)17(2)3/h4-9,15H,1-3H3,(H,13,14,16). The predicted molar refractivity (Wildman–Crippen MR) is 75.7 cm³/mol. The van der Waals surface area contributed by atoms with Crippen molar-refractivity contribution in [1.29, 1.82) is 0 Å². The monoisotopic (exact) mass is 295 g/mol. The maximum absolute atomic E-state index is 11.9. The van der Waals surface area contributed by atoms with E-state index in [1.54, 1.807) is 24.3 Å². The number of H-pyrrole nitrogens is 1. The van der Waals surface area contributed by atoms with E-state index < -0.39 is 10.0 Å². The summed E-state index contributed by atoms with van der Waals surface area (Å²) in [6.07, 6.45) is 1.44. The Bertz CT molecular complexity index is 650. The first-order chi connectivity index (χ1) is 9.41. The molecule has 20 heavy (non-hydrogen) atoms. The van der Waals surface area contributed by atoms with E-state index in [-0.39, 0.29) is 10.9 Å². The Morgan fingerprint density at radius 2 is 1.90 bits per heavy atom. The van der Waals surface area contributed by atoms with Gasteiger partial charge in [-0.25, -0.2) is 17.7 Å². The molecule has 0 spiro atoms. The maximum Gasteiger partial charge on any atom is 0.242 e. The highest BCUT2D eigenvalue weighted by Crippen LogP contribution is 2.19. The van der Waals surface area contributed by atoms with Crippen molar-refractivity contribution in [3.63, 3.8) is 0 Å². The molecule has 1 unspecified atom stereocenters. The highest BCUT2D eigenvalue weighted by atomic mass is 32.2. The molecular weight excluding hydrogens is 278 g/mol. The van der Waals surface area contributed by atoms with Crippen LogP contribution in [0.5, 0.6) is 0 Å². The number of aromatic amines is 1. The van der Waals surface area contributed by atoms with E-state index in [0.717, 1.165) is 11.5 Å². The molecule has 0 aliphatic carbocycles. The zero-order valence-electron chi connectivity index (χ0n) is 11.5. The van der Waals surface area contributed by atoms with Gasteiger partial charge in [0.2, 0.25) is 10.0 Å². The molecule has 2 N–H and O–H groups in total. The Morgan fingerprint density at radius 3 is 2.40 bits per heavy atom. The van der Waals surface area contributed by atoms with Crippen LogP contribution in [0.15, 0.2) is 35.5 Å². The van der Waals surface area contributed by atoms with Crippen molar-refractivity contribution in [2.24, 2.45) is 0 Å². The highest BCUT2D eigenvalue weighted by molar-refractivity contribution is 7.89. The van der Waals surface area contributed by atoms with Crippen LogP contribution in [-0.4, -0.2) is 42.0 Å². The minimum Gasteiger partial charge on any atom is -0.375 e. The number of benzene rings is 1. The lowest BCUT2D eigenvalue weighted by Crippen LogP contribution is -2.22. The zero-order valence-corrected chi connectivity index (χ0v) is 12.3. The third kappa shape index (κ3) is 2.97. The molecule has 0 saturated carbocycles. The third-order valence-electron chi connectivity index (χ3n) is 2.86. The van der Waals surface area contributed by atoms with Crippen LogP contribution < -0.4 is 5.32 Å². The number of nitrogens with zero attached hydrogens (tertiary/aromatic N) is 3. The highest BCUT2D eigenvalue weighted by Gasteiger charge is 2.16. The molecule has 0 fully saturated rings. The van der Waals surface area contributed by atoms with Gasteiger partial charge in [-0.3, -0.25) is 5.10 Å². The van der Waals surface area contributed by atoms with Crippen molar-refractivity contribution in [2.45, 2.75) is 17.9 Å². The topological polar surface area (TPSA) is 91.0 Å². The van der Waals surface area contributed by atoms with E-state index in [2.05, 4.69) is 20.5 Å². The fourth-order valence-corrected chi connectivity index (χ4v) is 2.58. The Morgan fingerprint density at radius 1 is 1.25 bits per heavy atom. The molecule has 0 saturated heterocycles. The number of rotatable bonds is 5. The summed E-state index contributed by atoms with van der Waals surface area (Å²) in [7, 11) is -0.373. The quantitative estimate of drug-likeness (QED) is 0.865. The van der Waals surface area contributed by atoms with E-state index in [4.69, 9.17) is 0 Å². The number of aromatic nitrogens is 3.